The number of ether oxygens (including phenoxy) is 2. The second-order valence-electron chi connectivity index (χ2n) is 6.87. The molecule has 2 aromatic rings. The molecule has 0 bridgehead atoms. The van der Waals surface area contributed by atoms with Gasteiger partial charge in [0.2, 0.25) is 11.8 Å². The molecule has 0 saturated heterocycles. The highest BCUT2D eigenvalue weighted by atomic mass is 32.2. The molecule has 2 rings (SSSR count). The van der Waals surface area contributed by atoms with Gasteiger partial charge in [0.1, 0.15) is 0 Å². The third-order valence-corrected chi connectivity index (χ3v) is 5.17. The van der Waals surface area contributed by atoms with Gasteiger partial charge in [-0.25, -0.2) is 0 Å². The van der Waals surface area contributed by atoms with E-state index in [1.165, 1.54) is 11.8 Å². The number of benzene rings is 2. The molecule has 2 aromatic carbocycles. The minimum Gasteiger partial charge on any atom is -0.493 e. The molecule has 0 saturated carbocycles. The Morgan fingerprint density at radius 1 is 1.03 bits per heavy atom. The summed E-state index contributed by atoms with van der Waals surface area (Å²) in [7, 11) is 1.60. The maximum absolute atomic E-state index is 12.1. The largest absolute Gasteiger partial charge is 0.493 e. The highest BCUT2D eigenvalue weighted by Gasteiger charge is 2.09. The van der Waals surface area contributed by atoms with E-state index in [0.29, 0.717) is 24.7 Å². The van der Waals surface area contributed by atoms with Gasteiger partial charge in [-0.15, -0.1) is 11.8 Å². The van der Waals surface area contributed by atoms with Crippen LogP contribution < -0.4 is 20.1 Å². The fourth-order valence-corrected chi connectivity index (χ4v) is 3.32. The van der Waals surface area contributed by atoms with Crippen LogP contribution in [0.15, 0.2) is 42.5 Å². The van der Waals surface area contributed by atoms with Crippen molar-refractivity contribution in [1.29, 1.82) is 0 Å². The van der Waals surface area contributed by atoms with Crippen LogP contribution in [-0.2, 0) is 16.1 Å². The Labute approximate surface area is 182 Å². The maximum atomic E-state index is 12.1. The van der Waals surface area contributed by atoms with Crippen molar-refractivity contribution in [2.45, 2.75) is 33.2 Å². The average Bonchev–Trinajstić information content (AvgIpc) is 2.73. The van der Waals surface area contributed by atoms with E-state index in [-0.39, 0.29) is 23.3 Å². The monoisotopic (exact) mass is 430 g/mol. The molecule has 2 N–H and O–H groups in total. The van der Waals surface area contributed by atoms with Gasteiger partial charge in [-0.3, -0.25) is 9.59 Å². The summed E-state index contributed by atoms with van der Waals surface area (Å²) in [6.07, 6.45) is 2.06. The lowest BCUT2D eigenvalue weighted by molar-refractivity contribution is -0.118. The lowest BCUT2D eigenvalue weighted by Crippen LogP contribution is -2.25. The van der Waals surface area contributed by atoms with E-state index < -0.39 is 0 Å². The van der Waals surface area contributed by atoms with Crippen molar-refractivity contribution in [2.75, 3.05) is 30.5 Å². The number of anilines is 1. The molecule has 0 aliphatic rings. The van der Waals surface area contributed by atoms with Crippen LogP contribution in [0.2, 0.25) is 0 Å². The number of methoxy groups -OCH3 is 1. The first-order valence-corrected chi connectivity index (χ1v) is 11.2. The number of rotatable bonds is 12. The molecule has 30 heavy (non-hydrogen) atoms. The van der Waals surface area contributed by atoms with Crippen LogP contribution in [0.4, 0.5) is 5.69 Å². The summed E-state index contributed by atoms with van der Waals surface area (Å²) in [5, 5.41) is 5.70. The van der Waals surface area contributed by atoms with Crippen molar-refractivity contribution in [3.05, 3.63) is 53.6 Å². The van der Waals surface area contributed by atoms with Gasteiger partial charge in [-0.1, -0.05) is 31.5 Å². The highest BCUT2D eigenvalue weighted by Crippen LogP contribution is 2.28. The summed E-state index contributed by atoms with van der Waals surface area (Å²) in [5.74, 6) is 1.55. The number of nitrogens with one attached hydrogen (secondary N) is 2. The first-order valence-electron chi connectivity index (χ1n) is 10.0. The minimum absolute atomic E-state index is 0.120. The van der Waals surface area contributed by atoms with Gasteiger partial charge in [-0.2, -0.15) is 0 Å². The number of unbranched alkanes of at least 4 members (excludes halogenated alkanes) is 1. The Morgan fingerprint density at radius 2 is 1.83 bits per heavy atom. The van der Waals surface area contributed by atoms with E-state index in [2.05, 4.69) is 17.6 Å². The van der Waals surface area contributed by atoms with Gasteiger partial charge in [-0.05, 0) is 48.7 Å². The molecule has 0 aliphatic heterocycles. The van der Waals surface area contributed by atoms with Crippen LogP contribution in [-0.4, -0.2) is 37.0 Å². The van der Waals surface area contributed by atoms with Crippen molar-refractivity contribution < 1.29 is 19.1 Å². The van der Waals surface area contributed by atoms with Crippen LogP contribution in [0.5, 0.6) is 11.5 Å². The zero-order chi connectivity index (χ0) is 21.8. The summed E-state index contributed by atoms with van der Waals surface area (Å²) in [6.45, 7) is 5.12. The van der Waals surface area contributed by atoms with Crippen molar-refractivity contribution >= 4 is 29.3 Å². The number of carbonyl (C=O) groups excluding carboxylic acids is 2. The summed E-state index contributed by atoms with van der Waals surface area (Å²) < 4.78 is 11.1. The normalized spacial score (nSPS) is 10.4. The molecular weight excluding hydrogens is 400 g/mol. The number of hydrogen-bond donors (Lipinski definition) is 2. The second kappa shape index (κ2) is 12.8. The Bertz CT molecular complexity index is 842. The van der Waals surface area contributed by atoms with Crippen LogP contribution in [0.3, 0.4) is 0 Å². The number of hydrogen-bond acceptors (Lipinski definition) is 5. The molecule has 0 fully saturated rings. The fourth-order valence-electron chi connectivity index (χ4n) is 2.68. The number of amides is 2. The van der Waals surface area contributed by atoms with Crippen molar-refractivity contribution in [1.82, 2.24) is 5.32 Å². The maximum Gasteiger partial charge on any atom is 0.234 e. The predicted molar refractivity (Wildman–Crippen MR) is 122 cm³/mol. The van der Waals surface area contributed by atoms with Gasteiger partial charge >= 0.3 is 0 Å². The molecule has 0 heterocycles. The van der Waals surface area contributed by atoms with Crippen molar-refractivity contribution in [3.8, 4) is 11.5 Å². The Balaban J connectivity index is 1.71. The lowest BCUT2D eigenvalue weighted by Gasteiger charge is -2.12. The molecule has 2 amide bonds. The van der Waals surface area contributed by atoms with E-state index in [4.69, 9.17) is 9.47 Å². The summed E-state index contributed by atoms with van der Waals surface area (Å²) in [4.78, 5) is 24.1. The lowest BCUT2D eigenvalue weighted by atomic mass is 10.2. The Kier molecular flexibility index (Phi) is 10.1. The molecule has 0 aromatic heterocycles. The molecule has 0 aliphatic carbocycles. The predicted octanol–water partition coefficient (Wildman–Crippen LogP) is 4.17. The highest BCUT2D eigenvalue weighted by molar-refractivity contribution is 8.00. The van der Waals surface area contributed by atoms with Gasteiger partial charge in [0.05, 0.1) is 25.2 Å². The molecular formula is C23H30N2O4S. The van der Waals surface area contributed by atoms with E-state index in [1.807, 2.05) is 49.4 Å². The Morgan fingerprint density at radius 3 is 2.57 bits per heavy atom. The Hall–Kier alpha value is -2.67. The van der Waals surface area contributed by atoms with Crippen LogP contribution >= 0.6 is 11.8 Å². The molecule has 0 radical (unpaired) electrons. The fraction of sp³-hybridized carbons (Fsp3) is 0.391. The molecule has 162 valence electrons. The molecule has 0 atom stereocenters. The molecule has 0 spiro atoms. The first kappa shape index (κ1) is 23.6. The second-order valence-corrected chi connectivity index (χ2v) is 7.86. The summed E-state index contributed by atoms with van der Waals surface area (Å²) in [5.41, 5.74) is 2.77. The first-order chi connectivity index (χ1) is 14.5. The third-order valence-electron chi connectivity index (χ3n) is 4.24. The minimum atomic E-state index is -0.123. The SMILES string of the molecule is CCCCOc1ccc(CNC(=O)CSCC(=O)Nc2cccc(C)c2)cc1OC. The van der Waals surface area contributed by atoms with Gasteiger partial charge in [0, 0.05) is 12.2 Å². The van der Waals surface area contributed by atoms with Crippen LogP contribution in [0.1, 0.15) is 30.9 Å². The van der Waals surface area contributed by atoms with Gasteiger partial charge < -0.3 is 20.1 Å². The van der Waals surface area contributed by atoms with E-state index in [9.17, 15) is 9.59 Å². The van der Waals surface area contributed by atoms with Gasteiger partial charge in [0.15, 0.2) is 11.5 Å². The quantitative estimate of drug-likeness (QED) is 0.494. The number of aryl methyl sites for hydroxylation is 1. The average molecular weight is 431 g/mol. The topological polar surface area (TPSA) is 76.7 Å². The summed E-state index contributed by atoms with van der Waals surface area (Å²) in [6, 6.07) is 13.2. The zero-order valence-corrected chi connectivity index (χ0v) is 18.6. The van der Waals surface area contributed by atoms with Crippen LogP contribution in [0, 0.1) is 6.92 Å². The zero-order valence-electron chi connectivity index (χ0n) is 17.8. The molecule has 0 unspecified atom stereocenters. The van der Waals surface area contributed by atoms with Crippen LogP contribution in [0.25, 0.3) is 0 Å². The van der Waals surface area contributed by atoms with E-state index in [0.717, 1.165) is 29.7 Å². The van der Waals surface area contributed by atoms with Gasteiger partial charge in [0.25, 0.3) is 0 Å². The standard InChI is InChI=1S/C23H30N2O4S/c1-4-5-11-29-20-10-9-18(13-21(20)28-3)14-24-22(26)15-30-16-23(27)25-19-8-6-7-17(2)12-19/h6-10,12-13H,4-5,11,14-16H2,1-3H3,(H,24,26)(H,25,27). The van der Waals surface area contributed by atoms with Crippen molar-refractivity contribution in [2.24, 2.45) is 0 Å². The third kappa shape index (κ3) is 8.37. The van der Waals surface area contributed by atoms with E-state index >= 15 is 0 Å². The molecule has 7 heteroatoms. The van der Waals surface area contributed by atoms with Crippen molar-refractivity contribution in [3.63, 3.8) is 0 Å². The summed E-state index contributed by atoms with van der Waals surface area (Å²) >= 11 is 1.28. The smallest absolute Gasteiger partial charge is 0.234 e. The number of carbonyl (C=O) groups is 2. The number of thioether (sulfide) groups is 1. The van der Waals surface area contributed by atoms with E-state index in [1.54, 1.807) is 7.11 Å². The molecule has 6 nitrogen and oxygen atoms in total.